The Bertz CT molecular complexity index is 900. The van der Waals surface area contributed by atoms with Crippen LogP contribution in [0.1, 0.15) is 44.4 Å². The molecule has 3 atom stereocenters. The van der Waals surface area contributed by atoms with Crippen molar-refractivity contribution in [3.05, 3.63) is 51.9 Å². The summed E-state index contributed by atoms with van der Waals surface area (Å²) in [7, 11) is 1.80. The van der Waals surface area contributed by atoms with Crippen LogP contribution >= 0.6 is 0 Å². The number of Topliss-reactive ketones (excluding diaryl/α,β-unsaturated/α-hetero) is 1. The van der Waals surface area contributed by atoms with Crippen LogP contribution < -0.4 is 5.56 Å². The molecule has 0 N–H and O–H groups in total. The van der Waals surface area contributed by atoms with Gasteiger partial charge in [0.1, 0.15) is 11.6 Å². The molecule has 130 valence electrons. The lowest BCUT2D eigenvalue weighted by Crippen LogP contribution is -2.49. The number of aromatic nitrogens is 2. The summed E-state index contributed by atoms with van der Waals surface area (Å²) in [5.74, 6) is 1.41. The van der Waals surface area contributed by atoms with Crippen molar-refractivity contribution in [1.29, 1.82) is 0 Å². The van der Waals surface area contributed by atoms with Gasteiger partial charge in [0.15, 0.2) is 0 Å². The average molecular weight is 336 g/mol. The van der Waals surface area contributed by atoms with Crippen LogP contribution in [0.2, 0.25) is 0 Å². The smallest absolute Gasteiger partial charge is 0.256 e. The van der Waals surface area contributed by atoms with Gasteiger partial charge in [0, 0.05) is 35.9 Å². The highest BCUT2D eigenvalue weighted by Crippen LogP contribution is 2.50. The number of rotatable bonds is 1. The van der Waals surface area contributed by atoms with Crippen molar-refractivity contribution < 1.29 is 4.79 Å². The molecular formula is C21H24N2O2. The first-order valence-corrected chi connectivity index (χ1v) is 9.12. The molecule has 4 heteroatoms. The molecule has 0 unspecified atom stereocenters. The second kappa shape index (κ2) is 5.65. The normalized spacial score (nSPS) is 28.4. The summed E-state index contributed by atoms with van der Waals surface area (Å²) in [4.78, 5) is 30.3. The molecule has 1 saturated carbocycles. The molecule has 2 aromatic rings. The van der Waals surface area contributed by atoms with Gasteiger partial charge in [0.25, 0.3) is 5.56 Å². The van der Waals surface area contributed by atoms with Crippen LogP contribution in [0.3, 0.4) is 0 Å². The number of nitrogens with zero attached hydrogens (tertiary/aromatic N) is 2. The van der Waals surface area contributed by atoms with Crippen molar-refractivity contribution in [1.82, 2.24) is 9.55 Å². The van der Waals surface area contributed by atoms with Crippen molar-refractivity contribution in [3.8, 4) is 11.4 Å². The zero-order valence-electron chi connectivity index (χ0n) is 15.1. The van der Waals surface area contributed by atoms with E-state index in [1.165, 1.54) is 0 Å². The van der Waals surface area contributed by atoms with E-state index in [1.54, 1.807) is 11.6 Å². The Hall–Kier alpha value is -2.23. The second-order valence-corrected chi connectivity index (χ2v) is 7.81. The molecule has 0 saturated heterocycles. The molecular weight excluding hydrogens is 312 g/mol. The topological polar surface area (TPSA) is 52.0 Å². The lowest BCUT2D eigenvalue weighted by atomic mass is 9.56. The molecule has 1 heterocycles. The zero-order chi connectivity index (χ0) is 17.8. The van der Waals surface area contributed by atoms with Crippen LogP contribution in [0.4, 0.5) is 0 Å². The van der Waals surface area contributed by atoms with E-state index in [-0.39, 0.29) is 22.8 Å². The van der Waals surface area contributed by atoms with E-state index in [4.69, 9.17) is 4.98 Å². The van der Waals surface area contributed by atoms with E-state index in [1.807, 2.05) is 30.3 Å². The van der Waals surface area contributed by atoms with Gasteiger partial charge in [-0.3, -0.25) is 14.2 Å². The maximum Gasteiger partial charge on any atom is 0.256 e. The van der Waals surface area contributed by atoms with Crippen LogP contribution in [0.15, 0.2) is 35.1 Å². The van der Waals surface area contributed by atoms with Crippen LogP contribution in [-0.4, -0.2) is 15.3 Å². The van der Waals surface area contributed by atoms with Crippen LogP contribution in [0.25, 0.3) is 11.4 Å². The van der Waals surface area contributed by atoms with Gasteiger partial charge in [0.2, 0.25) is 0 Å². The summed E-state index contributed by atoms with van der Waals surface area (Å²) in [6.45, 7) is 4.26. The molecule has 2 aliphatic carbocycles. The van der Waals surface area contributed by atoms with Crippen LogP contribution in [0.5, 0.6) is 0 Å². The van der Waals surface area contributed by atoms with Crippen molar-refractivity contribution in [2.45, 2.75) is 44.9 Å². The first-order valence-electron chi connectivity index (χ1n) is 9.12. The lowest BCUT2D eigenvalue weighted by Gasteiger charge is -2.47. The molecule has 0 spiro atoms. The molecule has 1 aromatic carbocycles. The molecule has 1 aromatic heterocycles. The zero-order valence-corrected chi connectivity index (χ0v) is 15.1. The minimum Gasteiger partial charge on any atom is -0.299 e. The van der Waals surface area contributed by atoms with E-state index >= 15 is 0 Å². The molecule has 1 fully saturated rings. The third-order valence-electron chi connectivity index (χ3n) is 6.48. The van der Waals surface area contributed by atoms with Gasteiger partial charge < -0.3 is 0 Å². The average Bonchev–Trinajstić information content (AvgIpc) is 2.62. The van der Waals surface area contributed by atoms with Crippen molar-refractivity contribution in [3.63, 3.8) is 0 Å². The standard InChI is InChI=1S/C21H24N2O2/c1-13-16-10-9-15-18(21(16,2)12-11-17(13)24)22-19(23(3)20(15)25)14-7-5-4-6-8-14/h4-8,13,16H,9-12H2,1-3H3/t13-,16-,21-/m0/s1. The van der Waals surface area contributed by atoms with Crippen molar-refractivity contribution in [2.24, 2.45) is 18.9 Å². The summed E-state index contributed by atoms with van der Waals surface area (Å²) in [6.07, 6.45) is 3.01. The van der Waals surface area contributed by atoms with Gasteiger partial charge in [-0.25, -0.2) is 4.98 Å². The summed E-state index contributed by atoms with van der Waals surface area (Å²) in [6, 6.07) is 9.87. The van der Waals surface area contributed by atoms with Gasteiger partial charge in [-0.1, -0.05) is 44.2 Å². The predicted octanol–water partition coefficient (Wildman–Crippen LogP) is 3.27. The summed E-state index contributed by atoms with van der Waals surface area (Å²) < 4.78 is 1.68. The van der Waals surface area contributed by atoms with Crippen LogP contribution in [0, 0.1) is 11.8 Å². The lowest BCUT2D eigenvalue weighted by molar-refractivity contribution is -0.128. The highest BCUT2D eigenvalue weighted by atomic mass is 16.1. The Kier molecular flexibility index (Phi) is 3.67. The molecule has 4 nitrogen and oxygen atoms in total. The maximum atomic E-state index is 13.0. The first-order chi connectivity index (χ1) is 11.9. The molecule has 25 heavy (non-hydrogen) atoms. The van der Waals surface area contributed by atoms with Crippen LogP contribution in [-0.2, 0) is 23.7 Å². The number of benzene rings is 1. The quantitative estimate of drug-likeness (QED) is 0.803. The van der Waals surface area contributed by atoms with Gasteiger partial charge in [-0.05, 0) is 25.2 Å². The number of carbonyl (C=O) groups is 1. The van der Waals surface area contributed by atoms with Crippen molar-refractivity contribution >= 4 is 5.78 Å². The predicted molar refractivity (Wildman–Crippen MR) is 97.5 cm³/mol. The number of hydrogen-bond donors (Lipinski definition) is 0. The third-order valence-corrected chi connectivity index (χ3v) is 6.48. The molecule has 0 amide bonds. The minimum atomic E-state index is -0.183. The second-order valence-electron chi connectivity index (χ2n) is 7.81. The first kappa shape index (κ1) is 16.2. The monoisotopic (exact) mass is 336 g/mol. The van der Waals surface area contributed by atoms with E-state index in [0.717, 1.165) is 41.9 Å². The highest BCUT2D eigenvalue weighted by molar-refractivity contribution is 5.82. The fourth-order valence-corrected chi connectivity index (χ4v) is 4.93. The summed E-state index contributed by atoms with van der Waals surface area (Å²) in [5.41, 5.74) is 2.62. The number of hydrogen-bond acceptors (Lipinski definition) is 3. The molecule has 0 bridgehead atoms. The van der Waals surface area contributed by atoms with E-state index < -0.39 is 0 Å². The maximum absolute atomic E-state index is 13.0. The molecule has 4 rings (SSSR count). The molecule has 2 aliphatic rings. The Labute approximate surface area is 147 Å². The Balaban J connectivity index is 1.94. The Morgan fingerprint density at radius 3 is 2.60 bits per heavy atom. The van der Waals surface area contributed by atoms with Gasteiger partial charge in [0.05, 0.1) is 5.69 Å². The van der Waals surface area contributed by atoms with Crippen molar-refractivity contribution in [2.75, 3.05) is 0 Å². The Morgan fingerprint density at radius 1 is 1.16 bits per heavy atom. The summed E-state index contributed by atoms with van der Waals surface area (Å²) >= 11 is 0. The van der Waals surface area contributed by atoms with E-state index in [0.29, 0.717) is 12.2 Å². The SMILES string of the molecule is C[C@@H]1C(=O)CC[C@]2(C)c3nc(-c4ccccc4)n(C)c(=O)c3CC[C@@H]12. The van der Waals surface area contributed by atoms with Gasteiger partial charge >= 0.3 is 0 Å². The van der Waals surface area contributed by atoms with E-state index in [2.05, 4.69) is 13.8 Å². The highest BCUT2D eigenvalue weighted by Gasteiger charge is 2.49. The third kappa shape index (κ3) is 2.30. The number of fused-ring (bicyclic) bond motifs is 3. The summed E-state index contributed by atoms with van der Waals surface area (Å²) in [5, 5.41) is 0. The number of ketones is 1. The number of carbonyl (C=O) groups excluding carboxylic acids is 1. The molecule has 0 aliphatic heterocycles. The van der Waals surface area contributed by atoms with E-state index in [9.17, 15) is 9.59 Å². The van der Waals surface area contributed by atoms with Gasteiger partial charge in [-0.2, -0.15) is 0 Å². The molecule has 0 radical (unpaired) electrons. The van der Waals surface area contributed by atoms with Gasteiger partial charge in [-0.15, -0.1) is 0 Å². The fourth-order valence-electron chi connectivity index (χ4n) is 4.93. The Morgan fingerprint density at radius 2 is 1.88 bits per heavy atom. The fraction of sp³-hybridized carbons (Fsp3) is 0.476. The largest absolute Gasteiger partial charge is 0.299 e. The minimum absolute atomic E-state index is 0.0536.